The van der Waals surface area contributed by atoms with Crippen LogP contribution in [0, 0.1) is 10.1 Å². The normalized spacial score (nSPS) is 14.5. The summed E-state index contributed by atoms with van der Waals surface area (Å²) in [4.78, 5) is 27.4. The van der Waals surface area contributed by atoms with E-state index in [1.807, 2.05) is 60.7 Å². The van der Waals surface area contributed by atoms with Crippen LogP contribution in [0.4, 0.5) is 17.6 Å². The summed E-state index contributed by atoms with van der Waals surface area (Å²) in [6.45, 7) is 0. The van der Waals surface area contributed by atoms with Crippen molar-refractivity contribution in [1.29, 1.82) is 0 Å². The zero-order valence-electron chi connectivity index (χ0n) is 17.3. The molecule has 1 aliphatic rings. The Morgan fingerprint density at radius 1 is 0.970 bits per heavy atom. The van der Waals surface area contributed by atoms with Crippen LogP contribution in [0.2, 0.25) is 0 Å². The van der Waals surface area contributed by atoms with Gasteiger partial charge in [0.1, 0.15) is 6.04 Å². The lowest BCUT2D eigenvalue weighted by atomic mass is 10.0. The van der Waals surface area contributed by atoms with E-state index < -0.39 is 10.8 Å². The lowest BCUT2D eigenvalue weighted by Gasteiger charge is -2.24. The minimum Gasteiger partial charge on any atom is -0.324 e. The predicted octanol–water partition coefficient (Wildman–Crippen LogP) is 4.49. The van der Waals surface area contributed by atoms with Gasteiger partial charge in [0.15, 0.2) is 0 Å². The molecule has 0 aliphatic carbocycles. The summed E-state index contributed by atoms with van der Waals surface area (Å²) < 4.78 is 1.72. The summed E-state index contributed by atoms with van der Waals surface area (Å²) in [6, 6.07) is 24.9. The minimum atomic E-state index is -0.514. The van der Waals surface area contributed by atoms with E-state index in [0.29, 0.717) is 5.95 Å². The van der Waals surface area contributed by atoms with Crippen molar-refractivity contribution in [3.63, 3.8) is 0 Å². The van der Waals surface area contributed by atoms with Gasteiger partial charge in [0, 0.05) is 23.4 Å². The smallest absolute Gasteiger partial charge is 0.269 e. The zero-order chi connectivity index (χ0) is 22.8. The third-order valence-electron chi connectivity index (χ3n) is 5.26. The van der Waals surface area contributed by atoms with Crippen LogP contribution in [0.5, 0.6) is 0 Å². The summed E-state index contributed by atoms with van der Waals surface area (Å²) in [5.41, 5.74) is 3.09. The highest BCUT2D eigenvalue weighted by molar-refractivity contribution is 6.03. The molecular formula is C24H18N6O3. The van der Waals surface area contributed by atoms with Crippen molar-refractivity contribution in [2.45, 2.75) is 6.04 Å². The fourth-order valence-corrected chi connectivity index (χ4v) is 3.63. The number of fused-ring (bicyclic) bond motifs is 1. The van der Waals surface area contributed by atoms with Gasteiger partial charge in [-0.3, -0.25) is 20.2 Å². The number of benzene rings is 3. The van der Waals surface area contributed by atoms with Crippen LogP contribution in [0.1, 0.15) is 27.5 Å². The number of nitro groups is 1. The first-order chi connectivity index (χ1) is 16.1. The molecule has 162 valence electrons. The summed E-state index contributed by atoms with van der Waals surface area (Å²) in [7, 11) is 0. The molecular weight excluding hydrogens is 420 g/mol. The number of aromatic nitrogens is 3. The van der Waals surface area contributed by atoms with Crippen molar-refractivity contribution in [3.05, 3.63) is 118 Å². The van der Waals surface area contributed by atoms with E-state index in [-0.39, 0.29) is 23.2 Å². The molecule has 1 atom stereocenters. The number of rotatable bonds is 5. The number of hydrogen-bond donors (Lipinski definition) is 2. The second kappa shape index (κ2) is 8.39. The monoisotopic (exact) mass is 438 g/mol. The van der Waals surface area contributed by atoms with Gasteiger partial charge in [-0.2, -0.15) is 4.98 Å². The van der Waals surface area contributed by atoms with Crippen LogP contribution in [0.3, 0.4) is 0 Å². The summed E-state index contributed by atoms with van der Waals surface area (Å²) in [5, 5.41) is 21.3. The molecule has 0 saturated carbocycles. The standard InChI is InChI=1S/C24H18N6O3/c31-22(18-11-13-19(14-12-18)30(32)33)26-23-27-24-25-20(16-7-3-1-4-8-16)15-21(29(24)28-23)17-9-5-2-6-10-17/h1-15,21H,(H2,25,26,27,28,31)/t21-/m0/s1. The maximum absolute atomic E-state index is 12.6. The molecule has 0 radical (unpaired) electrons. The maximum atomic E-state index is 12.6. The van der Waals surface area contributed by atoms with E-state index in [9.17, 15) is 14.9 Å². The highest BCUT2D eigenvalue weighted by Gasteiger charge is 2.26. The average Bonchev–Trinajstić information content (AvgIpc) is 3.26. The number of hydrogen-bond acceptors (Lipinski definition) is 6. The number of carbonyl (C=O) groups excluding carboxylic acids is 1. The van der Waals surface area contributed by atoms with E-state index in [4.69, 9.17) is 0 Å². The Balaban J connectivity index is 1.46. The molecule has 5 rings (SSSR count). The van der Waals surface area contributed by atoms with Crippen molar-refractivity contribution in [1.82, 2.24) is 14.8 Å². The third-order valence-corrected chi connectivity index (χ3v) is 5.26. The van der Waals surface area contributed by atoms with Gasteiger partial charge in [0.25, 0.3) is 17.5 Å². The first-order valence-corrected chi connectivity index (χ1v) is 10.2. The van der Waals surface area contributed by atoms with Crippen LogP contribution in [-0.4, -0.2) is 25.6 Å². The van der Waals surface area contributed by atoms with Gasteiger partial charge in [0.05, 0.1) is 4.92 Å². The van der Waals surface area contributed by atoms with Crippen LogP contribution in [0.25, 0.3) is 5.70 Å². The Morgan fingerprint density at radius 3 is 2.30 bits per heavy atom. The summed E-state index contributed by atoms with van der Waals surface area (Å²) in [5.74, 6) is 0.161. The third kappa shape index (κ3) is 4.07. The Labute approximate surface area is 188 Å². The Morgan fingerprint density at radius 2 is 1.64 bits per heavy atom. The maximum Gasteiger partial charge on any atom is 0.269 e. The highest BCUT2D eigenvalue weighted by Crippen LogP contribution is 2.33. The molecule has 9 nitrogen and oxygen atoms in total. The molecule has 0 bridgehead atoms. The number of non-ortho nitro benzene ring substituents is 1. The highest BCUT2D eigenvalue weighted by atomic mass is 16.6. The number of nitrogens with one attached hydrogen (secondary N) is 2. The number of carbonyl (C=O) groups is 1. The van der Waals surface area contributed by atoms with Gasteiger partial charge in [-0.05, 0) is 29.3 Å². The van der Waals surface area contributed by atoms with E-state index in [0.717, 1.165) is 16.8 Å². The van der Waals surface area contributed by atoms with E-state index >= 15 is 0 Å². The summed E-state index contributed by atoms with van der Waals surface area (Å²) in [6.07, 6.45) is 2.06. The number of nitrogens with zero attached hydrogens (tertiary/aromatic N) is 4. The summed E-state index contributed by atoms with van der Waals surface area (Å²) >= 11 is 0. The Kier molecular flexibility index (Phi) is 5.12. The Hall–Kier alpha value is -4.79. The molecule has 2 N–H and O–H groups in total. The first-order valence-electron chi connectivity index (χ1n) is 10.2. The lowest BCUT2D eigenvalue weighted by molar-refractivity contribution is -0.384. The van der Waals surface area contributed by atoms with Crippen molar-refractivity contribution in [3.8, 4) is 0 Å². The van der Waals surface area contributed by atoms with E-state index in [1.165, 1.54) is 24.3 Å². The van der Waals surface area contributed by atoms with Crippen molar-refractivity contribution < 1.29 is 9.72 Å². The van der Waals surface area contributed by atoms with E-state index in [2.05, 4.69) is 26.8 Å². The molecule has 0 saturated heterocycles. The van der Waals surface area contributed by atoms with Gasteiger partial charge >= 0.3 is 0 Å². The number of allylic oxidation sites excluding steroid dienone is 1. The molecule has 1 aliphatic heterocycles. The molecule has 0 spiro atoms. The zero-order valence-corrected chi connectivity index (χ0v) is 17.3. The minimum absolute atomic E-state index is 0.0865. The second-order valence-electron chi connectivity index (χ2n) is 7.39. The lowest BCUT2D eigenvalue weighted by Crippen LogP contribution is -2.20. The number of amides is 1. The quantitative estimate of drug-likeness (QED) is 0.350. The molecule has 3 aromatic carbocycles. The number of nitro benzene ring substituents is 1. The van der Waals surface area contributed by atoms with Crippen LogP contribution >= 0.6 is 0 Å². The number of anilines is 2. The molecule has 0 fully saturated rings. The molecule has 0 unspecified atom stereocenters. The molecule has 9 heteroatoms. The van der Waals surface area contributed by atoms with Gasteiger partial charge in [0.2, 0.25) is 5.95 Å². The van der Waals surface area contributed by atoms with Gasteiger partial charge in [-0.15, -0.1) is 5.10 Å². The van der Waals surface area contributed by atoms with Crippen molar-refractivity contribution >= 4 is 29.2 Å². The molecule has 1 aromatic heterocycles. The predicted molar refractivity (Wildman–Crippen MR) is 124 cm³/mol. The fourth-order valence-electron chi connectivity index (χ4n) is 3.63. The molecule has 1 amide bonds. The first kappa shape index (κ1) is 20.1. The van der Waals surface area contributed by atoms with Crippen LogP contribution in [-0.2, 0) is 0 Å². The van der Waals surface area contributed by atoms with Crippen molar-refractivity contribution in [2.75, 3.05) is 10.6 Å². The van der Waals surface area contributed by atoms with Crippen molar-refractivity contribution in [2.24, 2.45) is 0 Å². The molecule has 33 heavy (non-hydrogen) atoms. The topological polar surface area (TPSA) is 115 Å². The molecule has 4 aromatic rings. The fraction of sp³-hybridized carbons (Fsp3) is 0.0417. The Bertz CT molecular complexity index is 1350. The van der Waals surface area contributed by atoms with Gasteiger partial charge < -0.3 is 5.32 Å². The largest absolute Gasteiger partial charge is 0.324 e. The molecule has 2 heterocycles. The van der Waals surface area contributed by atoms with Gasteiger partial charge in [-0.1, -0.05) is 60.7 Å². The van der Waals surface area contributed by atoms with Crippen LogP contribution < -0.4 is 10.6 Å². The second-order valence-corrected chi connectivity index (χ2v) is 7.39. The van der Waals surface area contributed by atoms with Crippen LogP contribution in [0.15, 0.2) is 91.0 Å². The van der Waals surface area contributed by atoms with E-state index in [1.54, 1.807) is 4.68 Å². The average molecular weight is 438 g/mol. The SMILES string of the molecule is O=C(Nc1nc2n(n1)[C@H](c1ccccc1)C=C(c1ccccc1)N2)c1ccc([N+](=O)[O-])cc1. The van der Waals surface area contributed by atoms with Gasteiger partial charge in [-0.25, -0.2) is 4.68 Å².